The van der Waals surface area contributed by atoms with E-state index in [1.807, 2.05) is 38.1 Å². The molecule has 3 N–H and O–H groups in total. The van der Waals surface area contributed by atoms with Crippen LogP contribution >= 0.6 is 23.2 Å². The number of aryl methyl sites for hydroxylation is 2. The number of aliphatic hydroxyl groups excluding tert-OH is 1. The van der Waals surface area contributed by atoms with Crippen LogP contribution < -0.4 is 5.73 Å². The molecule has 2 atom stereocenters. The molecule has 2 unspecified atom stereocenters. The molecule has 0 aromatic heterocycles. The van der Waals surface area contributed by atoms with E-state index in [0.29, 0.717) is 16.6 Å². The van der Waals surface area contributed by atoms with E-state index in [1.54, 1.807) is 12.1 Å². The first-order valence-electron chi connectivity index (χ1n) is 6.85. The maximum atomic E-state index is 10.8. The van der Waals surface area contributed by atoms with Gasteiger partial charge in [0.1, 0.15) is 0 Å². The van der Waals surface area contributed by atoms with Crippen LogP contribution in [0.15, 0.2) is 36.4 Å². The van der Waals surface area contributed by atoms with Crippen molar-refractivity contribution < 1.29 is 5.11 Å². The predicted octanol–water partition coefficient (Wildman–Crippen LogP) is 4.39. The van der Waals surface area contributed by atoms with Gasteiger partial charge in [-0.3, -0.25) is 0 Å². The molecular formula is C17H19Cl2NO. The van der Waals surface area contributed by atoms with E-state index >= 15 is 0 Å². The maximum Gasteiger partial charge on any atom is 0.0875 e. The summed E-state index contributed by atoms with van der Waals surface area (Å²) in [7, 11) is 0. The third-order valence-corrected chi connectivity index (χ3v) is 4.58. The van der Waals surface area contributed by atoms with Gasteiger partial charge in [0.25, 0.3) is 0 Å². The molecule has 0 amide bonds. The fourth-order valence-corrected chi connectivity index (χ4v) is 2.99. The molecule has 0 heterocycles. The summed E-state index contributed by atoms with van der Waals surface area (Å²) in [5.41, 5.74) is 9.83. The average Bonchev–Trinajstić information content (AvgIpc) is 2.43. The monoisotopic (exact) mass is 323 g/mol. The van der Waals surface area contributed by atoms with Crippen LogP contribution in [0.2, 0.25) is 10.0 Å². The van der Waals surface area contributed by atoms with Crippen molar-refractivity contribution in [1.82, 2.24) is 0 Å². The van der Waals surface area contributed by atoms with E-state index in [4.69, 9.17) is 28.9 Å². The third kappa shape index (κ3) is 3.41. The summed E-state index contributed by atoms with van der Waals surface area (Å²) in [4.78, 5) is 0. The van der Waals surface area contributed by atoms with Crippen molar-refractivity contribution >= 4 is 23.2 Å². The lowest BCUT2D eigenvalue weighted by Gasteiger charge is -2.25. The van der Waals surface area contributed by atoms with Crippen molar-refractivity contribution in [2.45, 2.75) is 25.9 Å². The molecule has 0 radical (unpaired) electrons. The molecule has 112 valence electrons. The van der Waals surface area contributed by atoms with Gasteiger partial charge in [-0.05, 0) is 48.2 Å². The topological polar surface area (TPSA) is 46.2 Å². The van der Waals surface area contributed by atoms with E-state index in [1.165, 1.54) is 0 Å². The summed E-state index contributed by atoms with van der Waals surface area (Å²) in [6, 6.07) is 11.3. The number of rotatable bonds is 4. The summed E-state index contributed by atoms with van der Waals surface area (Å²) in [5.74, 6) is -0.223. The van der Waals surface area contributed by atoms with Gasteiger partial charge in [-0.25, -0.2) is 0 Å². The second-order valence-electron chi connectivity index (χ2n) is 5.27. The molecule has 0 aliphatic rings. The van der Waals surface area contributed by atoms with Crippen LogP contribution in [-0.4, -0.2) is 11.7 Å². The minimum absolute atomic E-state index is 0.223. The normalized spacial score (nSPS) is 14.0. The summed E-state index contributed by atoms with van der Waals surface area (Å²) >= 11 is 12.0. The Morgan fingerprint density at radius 3 is 2.19 bits per heavy atom. The molecule has 2 nitrogen and oxygen atoms in total. The second-order valence-corrected chi connectivity index (χ2v) is 6.08. The molecule has 0 aliphatic heterocycles. The number of hydrogen-bond donors (Lipinski definition) is 2. The number of hydrogen-bond acceptors (Lipinski definition) is 2. The second kappa shape index (κ2) is 6.80. The first-order chi connectivity index (χ1) is 9.95. The van der Waals surface area contributed by atoms with Crippen molar-refractivity contribution in [2.24, 2.45) is 5.73 Å². The van der Waals surface area contributed by atoms with Gasteiger partial charge in [-0.2, -0.15) is 0 Å². The van der Waals surface area contributed by atoms with Crippen LogP contribution in [0.3, 0.4) is 0 Å². The Morgan fingerprint density at radius 2 is 1.67 bits per heavy atom. The zero-order chi connectivity index (χ0) is 15.6. The van der Waals surface area contributed by atoms with Gasteiger partial charge in [-0.15, -0.1) is 0 Å². The lowest BCUT2D eigenvalue weighted by molar-refractivity contribution is 0.146. The van der Waals surface area contributed by atoms with Gasteiger partial charge < -0.3 is 10.8 Å². The lowest BCUT2D eigenvalue weighted by Crippen LogP contribution is -2.21. The van der Waals surface area contributed by atoms with Crippen molar-refractivity contribution in [3.05, 3.63) is 68.7 Å². The molecule has 0 saturated carbocycles. The summed E-state index contributed by atoms with van der Waals surface area (Å²) in [6.07, 6.45) is -0.673. The van der Waals surface area contributed by atoms with Crippen LogP contribution in [0.25, 0.3) is 0 Å². The highest BCUT2D eigenvalue weighted by Gasteiger charge is 2.24. The summed E-state index contributed by atoms with van der Waals surface area (Å²) in [6.45, 7) is 4.31. The molecule has 0 bridgehead atoms. The van der Waals surface area contributed by atoms with Crippen LogP contribution in [-0.2, 0) is 0 Å². The fourth-order valence-electron chi connectivity index (χ4n) is 2.69. The van der Waals surface area contributed by atoms with E-state index in [-0.39, 0.29) is 5.92 Å². The van der Waals surface area contributed by atoms with Crippen molar-refractivity contribution in [3.63, 3.8) is 0 Å². The molecule has 0 spiro atoms. The Hall–Kier alpha value is -1.06. The minimum atomic E-state index is -0.673. The van der Waals surface area contributed by atoms with Gasteiger partial charge in [0.05, 0.1) is 16.1 Å². The molecule has 0 fully saturated rings. The predicted molar refractivity (Wildman–Crippen MR) is 89.1 cm³/mol. The number of benzene rings is 2. The maximum absolute atomic E-state index is 10.8. The first-order valence-corrected chi connectivity index (χ1v) is 7.60. The van der Waals surface area contributed by atoms with Crippen LogP contribution in [0.4, 0.5) is 0 Å². The fraction of sp³-hybridized carbons (Fsp3) is 0.294. The van der Waals surface area contributed by atoms with Gasteiger partial charge >= 0.3 is 0 Å². The molecule has 4 heteroatoms. The quantitative estimate of drug-likeness (QED) is 0.876. The lowest BCUT2D eigenvalue weighted by atomic mass is 9.85. The Labute approximate surface area is 135 Å². The van der Waals surface area contributed by atoms with E-state index < -0.39 is 6.10 Å². The smallest absolute Gasteiger partial charge is 0.0875 e. The Morgan fingerprint density at radius 1 is 1.05 bits per heavy atom. The van der Waals surface area contributed by atoms with Crippen LogP contribution in [0, 0.1) is 13.8 Å². The zero-order valence-corrected chi connectivity index (χ0v) is 13.6. The molecule has 0 aliphatic carbocycles. The molecule has 21 heavy (non-hydrogen) atoms. The highest BCUT2D eigenvalue weighted by atomic mass is 35.5. The number of nitrogens with two attached hydrogens (primary N) is 1. The highest BCUT2D eigenvalue weighted by molar-refractivity contribution is 6.42. The minimum Gasteiger partial charge on any atom is -0.388 e. The van der Waals surface area contributed by atoms with Crippen LogP contribution in [0.1, 0.15) is 34.3 Å². The van der Waals surface area contributed by atoms with Crippen molar-refractivity contribution in [3.8, 4) is 0 Å². The molecule has 2 aromatic rings. The van der Waals surface area contributed by atoms with Crippen molar-refractivity contribution in [2.75, 3.05) is 6.54 Å². The van der Waals surface area contributed by atoms with E-state index in [2.05, 4.69) is 0 Å². The first kappa shape index (κ1) is 16.3. The largest absolute Gasteiger partial charge is 0.388 e. The highest BCUT2D eigenvalue weighted by Crippen LogP contribution is 2.35. The number of aliphatic hydroxyl groups is 1. The standard InChI is InChI=1S/C17H19Cl2NO/c1-10-4-3-5-11(2)16(10)17(21)13(9-20)12-6-7-14(18)15(19)8-12/h3-8,13,17,21H,9,20H2,1-2H3. The summed E-state index contributed by atoms with van der Waals surface area (Å²) in [5, 5.41) is 11.8. The van der Waals surface area contributed by atoms with Gasteiger partial charge in [0, 0.05) is 12.5 Å². The third-order valence-electron chi connectivity index (χ3n) is 3.84. The number of halogens is 2. The van der Waals surface area contributed by atoms with Gasteiger partial charge in [-0.1, -0.05) is 47.5 Å². The average molecular weight is 324 g/mol. The Balaban J connectivity index is 2.43. The van der Waals surface area contributed by atoms with Gasteiger partial charge in [0.2, 0.25) is 0 Å². The van der Waals surface area contributed by atoms with E-state index in [0.717, 1.165) is 22.3 Å². The molecule has 2 aromatic carbocycles. The molecule has 0 saturated heterocycles. The Bertz CT molecular complexity index is 622. The van der Waals surface area contributed by atoms with Gasteiger partial charge in [0.15, 0.2) is 0 Å². The zero-order valence-electron chi connectivity index (χ0n) is 12.1. The SMILES string of the molecule is Cc1cccc(C)c1C(O)C(CN)c1ccc(Cl)c(Cl)c1. The van der Waals surface area contributed by atoms with Crippen LogP contribution in [0.5, 0.6) is 0 Å². The van der Waals surface area contributed by atoms with E-state index in [9.17, 15) is 5.11 Å². The molecule has 2 rings (SSSR count). The summed E-state index contributed by atoms with van der Waals surface area (Å²) < 4.78 is 0. The van der Waals surface area contributed by atoms with Crippen molar-refractivity contribution in [1.29, 1.82) is 0 Å². The Kier molecular flexibility index (Phi) is 5.28. The molecular weight excluding hydrogens is 305 g/mol.